The van der Waals surface area contributed by atoms with E-state index in [0.29, 0.717) is 11.5 Å². The highest BCUT2D eigenvalue weighted by Gasteiger charge is 2.33. The third-order valence-electron chi connectivity index (χ3n) is 5.46. The van der Waals surface area contributed by atoms with Gasteiger partial charge in [0.25, 0.3) is 0 Å². The number of pyridine rings is 1. The minimum absolute atomic E-state index is 0.190. The molecular formula is C27H24F3N6O+. The molecule has 0 aliphatic heterocycles. The van der Waals surface area contributed by atoms with Gasteiger partial charge in [-0.1, -0.05) is 54.6 Å². The quantitative estimate of drug-likeness (QED) is 0.220. The van der Waals surface area contributed by atoms with Crippen molar-refractivity contribution >= 4 is 29.1 Å². The van der Waals surface area contributed by atoms with Crippen LogP contribution in [-0.4, -0.2) is 11.9 Å². The summed E-state index contributed by atoms with van der Waals surface area (Å²) >= 11 is 0. The van der Waals surface area contributed by atoms with Gasteiger partial charge in [0.15, 0.2) is 0 Å². The van der Waals surface area contributed by atoms with E-state index in [2.05, 4.69) is 20.6 Å². The number of anilines is 2. The first kappa shape index (κ1) is 25.4. The zero-order valence-corrected chi connectivity index (χ0v) is 19.5. The van der Waals surface area contributed by atoms with E-state index in [9.17, 15) is 18.0 Å². The lowest BCUT2D eigenvalue weighted by molar-refractivity contribution is -0.361. The SMILES string of the molecule is NC(=Nc1ccc(-c2ccc(NC(=O)C(N)c3ccccc3)cc2)c[nH+]1)Nc1ccccc1C(F)(F)F. The fourth-order valence-corrected chi connectivity index (χ4v) is 3.58. The minimum Gasteiger partial charge on any atom is -0.348 e. The molecule has 7 nitrogen and oxygen atoms in total. The van der Waals surface area contributed by atoms with E-state index in [1.165, 1.54) is 18.2 Å². The van der Waals surface area contributed by atoms with Crippen molar-refractivity contribution in [1.82, 2.24) is 0 Å². The Bertz CT molecular complexity index is 1390. The highest BCUT2D eigenvalue weighted by atomic mass is 19.4. The number of amides is 1. The topological polar surface area (TPSA) is 120 Å². The molecule has 188 valence electrons. The number of para-hydroxylation sites is 1. The number of nitrogens with zero attached hydrogens (tertiary/aromatic N) is 1. The van der Waals surface area contributed by atoms with Gasteiger partial charge in [-0.25, -0.2) is 4.98 Å². The van der Waals surface area contributed by atoms with Crippen LogP contribution in [-0.2, 0) is 11.0 Å². The van der Waals surface area contributed by atoms with E-state index in [1.54, 1.807) is 42.6 Å². The molecule has 3 aromatic carbocycles. The van der Waals surface area contributed by atoms with Crippen molar-refractivity contribution in [2.24, 2.45) is 16.5 Å². The van der Waals surface area contributed by atoms with Gasteiger partial charge in [-0.05, 0) is 46.5 Å². The Hall–Kier alpha value is -4.70. The lowest BCUT2D eigenvalue weighted by Gasteiger charge is -2.13. The number of guanidine groups is 1. The predicted molar refractivity (Wildman–Crippen MR) is 137 cm³/mol. The molecule has 0 saturated heterocycles. The van der Waals surface area contributed by atoms with E-state index >= 15 is 0 Å². The van der Waals surface area contributed by atoms with Crippen molar-refractivity contribution in [2.75, 3.05) is 10.6 Å². The van der Waals surface area contributed by atoms with Crippen LogP contribution >= 0.6 is 0 Å². The van der Waals surface area contributed by atoms with E-state index in [-0.39, 0.29) is 17.6 Å². The van der Waals surface area contributed by atoms with Crippen molar-refractivity contribution < 1.29 is 22.9 Å². The number of aromatic nitrogens is 1. The van der Waals surface area contributed by atoms with Crippen LogP contribution in [0.15, 0.2) is 102 Å². The van der Waals surface area contributed by atoms with Crippen molar-refractivity contribution in [3.8, 4) is 11.1 Å². The highest BCUT2D eigenvalue weighted by molar-refractivity contribution is 5.96. The number of carbonyl (C=O) groups is 1. The van der Waals surface area contributed by atoms with Crippen molar-refractivity contribution in [2.45, 2.75) is 12.2 Å². The maximum atomic E-state index is 13.2. The number of halogens is 3. The van der Waals surface area contributed by atoms with Crippen molar-refractivity contribution in [1.29, 1.82) is 0 Å². The molecule has 0 fully saturated rings. The second-order valence-electron chi connectivity index (χ2n) is 8.08. The molecule has 1 amide bonds. The third kappa shape index (κ3) is 6.50. The van der Waals surface area contributed by atoms with Gasteiger partial charge in [0, 0.05) is 17.3 Å². The Morgan fingerprint density at radius 2 is 1.49 bits per heavy atom. The number of rotatable bonds is 6. The largest absolute Gasteiger partial charge is 0.418 e. The Labute approximate surface area is 211 Å². The monoisotopic (exact) mass is 505 g/mol. The fourth-order valence-electron chi connectivity index (χ4n) is 3.58. The molecule has 0 bridgehead atoms. The summed E-state index contributed by atoms with van der Waals surface area (Å²) in [6.07, 6.45) is -2.83. The van der Waals surface area contributed by atoms with Crippen molar-refractivity contribution in [3.63, 3.8) is 0 Å². The smallest absolute Gasteiger partial charge is 0.348 e. The maximum Gasteiger partial charge on any atom is 0.418 e. The van der Waals surface area contributed by atoms with Gasteiger partial charge in [-0.2, -0.15) is 13.2 Å². The van der Waals surface area contributed by atoms with Gasteiger partial charge in [0.2, 0.25) is 5.91 Å². The first-order chi connectivity index (χ1) is 17.7. The number of alkyl halides is 3. The predicted octanol–water partition coefficient (Wildman–Crippen LogP) is 4.88. The van der Waals surface area contributed by atoms with Gasteiger partial charge in [0.05, 0.1) is 17.4 Å². The summed E-state index contributed by atoms with van der Waals surface area (Å²) in [4.78, 5) is 19.5. The second-order valence-corrected chi connectivity index (χ2v) is 8.08. The van der Waals surface area contributed by atoms with Crippen LogP contribution in [0, 0.1) is 0 Å². The van der Waals surface area contributed by atoms with E-state index < -0.39 is 17.8 Å². The molecular weight excluding hydrogens is 481 g/mol. The molecule has 1 unspecified atom stereocenters. The Morgan fingerprint density at radius 1 is 0.838 bits per heavy atom. The fraction of sp³-hybridized carbons (Fsp3) is 0.0741. The molecule has 1 aromatic heterocycles. The number of hydrogen-bond donors (Lipinski definition) is 4. The van der Waals surface area contributed by atoms with Gasteiger partial charge in [-0.3, -0.25) is 4.79 Å². The number of aliphatic imine (C=N–C) groups is 1. The molecule has 0 aliphatic rings. The average Bonchev–Trinajstić information content (AvgIpc) is 2.89. The van der Waals surface area contributed by atoms with Gasteiger partial charge in [-0.15, -0.1) is 0 Å². The molecule has 4 aromatic rings. The summed E-state index contributed by atoms with van der Waals surface area (Å²) in [5.74, 6) is -0.176. The number of nitrogens with one attached hydrogen (secondary N) is 3. The average molecular weight is 506 g/mol. The van der Waals surface area contributed by atoms with Gasteiger partial charge >= 0.3 is 18.0 Å². The summed E-state index contributed by atoms with van der Waals surface area (Å²) in [5, 5.41) is 5.30. The van der Waals surface area contributed by atoms with E-state index in [0.717, 1.165) is 22.8 Å². The zero-order chi connectivity index (χ0) is 26.4. The summed E-state index contributed by atoms with van der Waals surface area (Å²) in [6, 6.07) is 23.9. The van der Waals surface area contributed by atoms with E-state index in [1.807, 2.05) is 30.3 Å². The Balaban J connectivity index is 1.40. The molecule has 7 N–H and O–H groups in total. The summed E-state index contributed by atoms with van der Waals surface area (Å²) in [7, 11) is 0. The molecule has 0 spiro atoms. The Kier molecular flexibility index (Phi) is 7.49. The third-order valence-corrected chi connectivity index (χ3v) is 5.46. The second kappa shape index (κ2) is 10.9. The van der Waals surface area contributed by atoms with Crippen LogP contribution in [0.4, 0.5) is 30.4 Å². The number of nitrogens with two attached hydrogens (primary N) is 2. The standard InChI is InChI=1S/C27H23F3N6O/c28-27(29,30)21-8-4-5-9-22(21)35-26(32)36-23-15-12-19(16-33-23)17-10-13-20(14-11-17)34-25(37)24(31)18-6-2-1-3-7-18/h1-16,24H,31H2,(H,34,37)(H3,32,33,35,36)/p+1. The van der Waals surface area contributed by atoms with Crippen LogP contribution in [0.1, 0.15) is 17.2 Å². The van der Waals surface area contributed by atoms with Crippen LogP contribution < -0.4 is 27.1 Å². The Morgan fingerprint density at radius 3 is 2.14 bits per heavy atom. The van der Waals surface area contributed by atoms with Crippen molar-refractivity contribution in [3.05, 3.63) is 108 Å². The van der Waals surface area contributed by atoms with Crippen LogP contribution in [0.5, 0.6) is 0 Å². The molecule has 0 aliphatic carbocycles. The summed E-state index contributed by atoms with van der Waals surface area (Å²) < 4.78 is 39.5. The van der Waals surface area contributed by atoms with Gasteiger partial charge < -0.3 is 22.1 Å². The van der Waals surface area contributed by atoms with Crippen LogP contribution in [0.25, 0.3) is 11.1 Å². The minimum atomic E-state index is -4.52. The lowest BCUT2D eigenvalue weighted by atomic mass is 10.1. The van der Waals surface area contributed by atoms with E-state index in [4.69, 9.17) is 11.5 Å². The molecule has 4 rings (SSSR count). The van der Waals surface area contributed by atoms with Crippen LogP contribution in [0.2, 0.25) is 0 Å². The molecule has 1 atom stereocenters. The molecule has 1 heterocycles. The number of benzene rings is 3. The molecule has 0 radical (unpaired) electrons. The summed E-state index contributed by atoms with van der Waals surface area (Å²) in [6.45, 7) is 0. The molecule has 0 saturated carbocycles. The molecule has 10 heteroatoms. The van der Waals surface area contributed by atoms with Gasteiger partial charge in [0.1, 0.15) is 6.04 Å². The highest BCUT2D eigenvalue weighted by Crippen LogP contribution is 2.34. The maximum absolute atomic E-state index is 13.2. The first-order valence-corrected chi connectivity index (χ1v) is 11.2. The normalized spacial score (nSPS) is 12.6. The zero-order valence-electron chi connectivity index (χ0n) is 19.5. The lowest BCUT2D eigenvalue weighted by Crippen LogP contribution is -2.27. The first-order valence-electron chi connectivity index (χ1n) is 11.2. The van der Waals surface area contributed by atoms with Crippen LogP contribution in [0.3, 0.4) is 0 Å². The number of H-pyrrole nitrogens is 1. The summed E-state index contributed by atoms with van der Waals surface area (Å²) in [5.41, 5.74) is 13.8. The number of aromatic amines is 1. The molecule has 37 heavy (non-hydrogen) atoms. The number of hydrogen-bond acceptors (Lipinski definition) is 3. The number of carbonyl (C=O) groups excluding carboxylic acids is 1.